The van der Waals surface area contributed by atoms with E-state index in [1.54, 1.807) is 0 Å². The van der Waals surface area contributed by atoms with Crippen LogP contribution in [0, 0.1) is 0 Å². The van der Waals surface area contributed by atoms with E-state index >= 15 is 0 Å². The number of hydrogen-bond donors (Lipinski definition) is 0. The third-order valence-electron chi connectivity index (χ3n) is 4.77. The Hall–Kier alpha value is -2.90. The van der Waals surface area contributed by atoms with Crippen molar-refractivity contribution in [1.29, 1.82) is 0 Å². The molecule has 25 heavy (non-hydrogen) atoms. The number of nitrogens with zero attached hydrogens (tertiary/aromatic N) is 5. The summed E-state index contributed by atoms with van der Waals surface area (Å²) in [6.45, 7) is 0.262. The van der Waals surface area contributed by atoms with Crippen molar-refractivity contribution in [3.05, 3.63) is 46.4 Å². The lowest BCUT2D eigenvalue weighted by Gasteiger charge is -2.20. The van der Waals surface area contributed by atoms with E-state index in [2.05, 4.69) is 10.1 Å². The molecule has 8 heteroatoms. The fourth-order valence-corrected chi connectivity index (χ4v) is 3.46. The maximum atomic E-state index is 12.8. The van der Waals surface area contributed by atoms with Crippen LogP contribution in [0.25, 0.3) is 11.0 Å². The number of benzene rings is 1. The van der Waals surface area contributed by atoms with Gasteiger partial charge in [0.25, 0.3) is 0 Å². The highest BCUT2D eigenvalue weighted by atomic mass is 16.5. The largest absolute Gasteiger partial charge is 0.467 e. The molecular weight excluding hydrogens is 322 g/mol. The zero-order chi connectivity index (χ0) is 17.6. The lowest BCUT2D eigenvalue weighted by atomic mass is 10.1. The number of fused-ring (bicyclic) bond motifs is 2. The third-order valence-corrected chi connectivity index (χ3v) is 4.77. The van der Waals surface area contributed by atoms with E-state index < -0.39 is 12.0 Å². The van der Waals surface area contributed by atoms with Crippen LogP contribution in [0.3, 0.4) is 0 Å². The van der Waals surface area contributed by atoms with Crippen LogP contribution in [-0.2, 0) is 29.5 Å². The summed E-state index contributed by atoms with van der Waals surface area (Å²) in [6.07, 6.45) is 2.08. The topological polar surface area (TPSA) is 83.9 Å². The Morgan fingerprint density at radius 3 is 2.92 bits per heavy atom. The van der Waals surface area contributed by atoms with Crippen LogP contribution in [0.2, 0.25) is 0 Å². The van der Waals surface area contributed by atoms with Crippen LogP contribution >= 0.6 is 0 Å². The zero-order valence-electron chi connectivity index (χ0n) is 14.2. The van der Waals surface area contributed by atoms with E-state index in [1.165, 1.54) is 16.4 Å². The van der Waals surface area contributed by atoms with E-state index in [1.807, 2.05) is 35.9 Å². The highest BCUT2D eigenvalue weighted by molar-refractivity contribution is 5.75. The molecule has 0 N–H and O–H groups in total. The molecule has 0 saturated carbocycles. The van der Waals surface area contributed by atoms with E-state index in [0.29, 0.717) is 18.7 Å². The molecule has 3 heterocycles. The summed E-state index contributed by atoms with van der Waals surface area (Å²) in [4.78, 5) is 29.4. The van der Waals surface area contributed by atoms with Crippen LogP contribution in [0.4, 0.5) is 0 Å². The van der Waals surface area contributed by atoms with E-state index in [0.717, 1.165) is 23.3 Å². The average Bonchev–Trinajstić information content (AvgIpc) is 3.12. The highest BCUT2D eigenvalue weighted by Gasteiger charge is 2.31. The second kappa shape index (κ2) is 5.87. The summed E-state index contributed by atoms with van der Waals surface area (Å²) in [7, 11) is 3.26. The van der Waals surface area contributed by atoms with E-state index in [9.17, 15) is 9.59 Å². The molecular formula is C17H19N5O3. The first kappa shape index (κ1) is 15.6. The van der Waals surface area contributed by atoms with Crippen molar-refractivity contribution >= 4 is 17.0 Å². The Kier molecular flexibility index (Phi) is 3.67. The predicted molar refractivity (Wildman–Crippen MR) is 90.3 cm³/mol. The summed E-state index contributed by atoms with van der Waals surface area (Å²) < 4.78 is 9.65. The number of imidazole rings is 1. The maximum absolute atomic E-state index is 12.8. The monoisotopic (exact) mass is 341 g/mol. The first-order valence-corrected chi connectivity index (χ1v) is 8.26. The van der Waals surface area contributed by atoms with Gasteiger partial charge in [-0.25, -0.2) is 19.3 Å². The molecule has 0 saturated heterocycles. The van der Waals surface area contributed by atoms with Gasteiger partial charge >= 0.3 is 11.7 Å². The van der Waals surface area contributed by atoms with Crippen molar-refractivity contribution < 1.29 is 9.53 Å². The number of carbonyl (C=O) groups is 1. The van der Waals surface area contributed by atoms with Crippen LogP contribution in [-0.4, -0.2) is 37.0 Å². The Bertz CT molecular complexity index is 1010. The molecule has 1 aliphatic rings. The van der Waals surface area contributed by atoms with Gasteiger partial charge in [0.05, 0.1) is 18.1 Å². The number of hydrogen-bond acceptors (Lipinski definition) is 5. The summed E-state index contributed by atoms with van der Waals surface area (Å²) in [5.74, 6) is 0.976. The molecule has 1 aromatic carbocycles. The van der Waals surface area contributed by atoms with Gasteiger partial charge in [-0.1, -0.05) is 12.1 Å². The molecule has 0 radical (unpaired) electrons. The predicted octanol–water partition coefficient (Wildman–Crippen LogP) is 1.03. The summed E-state index contributed by atoms with van der Waals surface area (Å²) >= 11 is 0. The standard InChI is InChI=1S/C17H19N5O3/c1-20-12-7-4-3-6-11(12)18-15(20)10-21-17(24)22-13(16(23)25-2)8-5-9-14(22)19-21/h3-4,6-7,13H,5,8-10H2,1-2H3/t13-/m1/s1. The van der Waals surface area contributed by atoms with Crippen LogP contribution < -0.4 is 5.69 Å². The molecule has 0 amide bonds. The molecule has 8 nitrogen and oxygen atoms in total. The van der Waals surface area contributed by atoms with Crippen molar-refractivity contribution in [3.63, 3.8) is 0 Å². The Morgan fingerprint density at radius 2 is 2.16 bits per heavy atom. The molecule has 1 atom stereocenters. The van der Waals surface area contributed by atoms with Gasteiger partial charge in [-0.2, -0.15) is 5.10 Å². The second-order valence-electron chi connectivity index (χ2n) is 6.23. The van der Waals surface area contributed by atoms with Gasteiger partial charge in [-0.15, -0.1) is 0 Å². The Morgan fingerprint density at radius 1 is 1.36 bits per heavy atom. The third kappa shape index (κ3) is 2.45. The second-order valence-corrected chi connectivity index (χ2v) is 6.23. The number of esters is 1. The molecule has 0 fully saturated rings. The van der Waals surface area contributed by atoms with Crippen molar-refractivity contribution in [3.8, 4) is 0 Å². The fraction of sp³-hybridized carbons (Fsp3) is 0.412. The van der Waals surface area contributed by atoms with Crippen LogP contribution in [0.1, 0.15) is 30.5 Å². The molecule has 0 bridgehead atoms. The van der Waals surface area contributed by atoms with E-state index in [4.69, 9.17) is 4.74 Å². The molecule has 3 aromatic rings. The summed E-state index contributed by atoms with van der Waals surface area (Å²) in [5, 5.41) is 4.43. The molecule has 1 aliphatic heterocycles. The Labute approximate surface area is 143 Å². The van der Waals surface area contributed by atoms with Gasteiger partial charge in [0.1, 0.15) is 24.2 Å². The number of aryl methyl sites for hydroxylation is 2. The van der Waals surface area contributed by atoms with Gasteiger partial charge < -0.3 is 9.30 Å². The minimum Gasteiger partial charge on any atom is -0.467 e. The summed E-state index contributed by atoms with van der Waals surface area (Å²) in [5.41, 5.74) is 1.59. The zero-order valence-corrected chi connectivity index (χ0v) is 14.2. The van der Waals surface area contributed by atoms with Gasteiger partial charge in [0, 0.05) is 13.5 Å². The number of methoxy groups -OCH3 is 1. The van der Waals surface area contributed by atoms with Crippen molar-refractivity contribution in [1.82, 2.24) is 23.9 Å². The lowest BCUT2D eigenvalue weighted by molar-refractivity contribution is -0.145. The summed E-state index contributed by atoms with van der Waals surface area (Å²) in [6, 6.07) is 7.22. The van der Waals surface area contributed by atoms with Gasteiger partial charge in [-0.05, 0) is 25.0 Å². The SMILES string of the molecule is COC(=O)[C@H]1CCCc2nn(Cc3nc4ccccc4n3C)c(=O)n21. The van der Waals surface area contributed by atoms with Crippen LogP contribution in [0.15, 0.2) is 29.1 Å². The first-order valence-electron chi connectivity index (χ1n) is 8.26. The molecule has 2 aromatic heterocycles. The number of carbonyl (C=O) groups excluding carboxylic acids is 1. The number of para-hydroxylation sites is 2. The molecule has 0 unspecified atom stereocenters. The average molecular weight is 341 g/mol. The fourth-order valence-electron chi connectivity index (χ4n) is 3.46. The smallest absolute Gasteiger partial charge is 0.347 e. The minimum absolute atomic E-state index is 0.262. The van der Waals surface area contributed by atoms with E-state index in [-0.39, 0.29) is 12.2 Å². The number of rotatable bonds is 3. The van der Waals surface area contributed by atoms with Crippen LogP contribution in [0.5, 0.6) is 0 Å². The molecule has 130 valence electrons. The van der Waals surface area contributed by atoms with Crippen molar-refractivity contribution in [2.45, 2.75) is 31.8 Å². The first-order chi connectivity index (χ1) is 12.1. The van der Waals surface area contributed by atoms with Gasteiger partial charge in [-0.3, -0.25) is 4.57 Å². The van der Waals surface area contributed by atoms with Gasteiger partial charge in [0.2, 0.25) is 0 Å². The molecule has 0 spiro atoms. The molecule has 0 aliphatic carbocycles. The minimum atomic E-state index is -0.588. The normalized spacial score (nSPS) is 16.8. The van der Waals surface area contributed by atoms with Gasteiger partial charge in [0.15, 0.2) is 0 Å². The molecule has 4 rings (SSSR count). The Balaban J connectivity index is 1.75. The van der Waals surface area contributed by atoms with Crippen molar-refractivity contribution in [2.75, 3.05) is 7.11 Å². The number of ether oxygens (including phenoxy) is 1. The maximum Gasteiger partial charge on any atom is 0.347 e. The number of aromatic nitrogens is 5. The lowest BCUT2D eigenvalue weighted by Crippen LogP contribution is -2.35. The quantitative estimate of drug-likeness (QED) is 0.665. The highest BCUT2D eigenvalue weighted by Crippen LogP contribution is 2.23. The van der Waals surface area contributed by atoms with Crippen molar-refractivity contribution in [2.24, 2.45) is 7.05 Å².